The average molecular weight is 387 g/mol. The normalized spacial score (nSPS) is 10.2. The second kappa shape index (κ2) is 33.5. The molecule has 0 spiro atoms. The van der Waals surface area contributed by atoms with E-state index >= 15 is 0 Å². The Bertz CT molecular complexity index is 187. The van der Waals surface area contributed by atoms with Crippen molar-refractivity contribution in [1.82, 2.24) is 6.15 Å². The molecule has 0 atom stereocenters. The van der Waals surface area contributed by atoms with Crippen LogP contribution in [0, 0.1) is 0 Å². The zero-order chi connectivity index (χ0) is 19.6. The quantitative estimate of drug-likeness (QED) is 0.205. The molecular formula is C25H58N2. The smallest absolute Gasteiger partial charge is 0.00773 e. The fraction of sp³-hybridized carbons (Fsp3) is 1.00. The van der Waals surface area contributed by atoms with Crippen molar-refractivity contribution < 1.29 is 0 Å². The maximum absolute atomic E-state index is 5.51. The number of unbranched alkanes of at least 4 members (excludes halogenated alkanes) is 19. The van der Waals surface area contributed by atoms with E-state index in [1.807, 2.05) is 0 Å². The van der Waals surface area contributed by atoms with E-state index in [4.69, 9.17) is 5.73 Å². The lowest BCUT2D eigenvalue weighted by molar-refractivity contribution is 0.522. The summed E-state index contributed by atoms with van der Waals surface area (Å²) in [6.07, 6.45) is 30.1. The van der Waals surface area contributed by atoms with Crippen LogP contribution in [0.2, 0.25) is 0 Å². The van der Waals surface area contributed by atoms with E-state index in [2.05, 4.69) is 20.8 Å². The van der Waals surface area contributed by atoms with Crippen LogP contribution in [0.15, 0.2) is 0 Å². The molecule has 0 aromatic rings. The highest BCUT2D eigenvalue weighted by molar-refractivity contribution is 4.50. The van der Waals surface area contributed by atoms with E-state index in [-0.39, 0.29) is 6.15 Å². The molecule has 0 aromatic heterocycles. The van der Waals surface area contributed by atoms with Gasteiger partial charge in [0.25, 0.3) is 0 Å². The Morgan fingerprint density at radius 2 is 0.556 bits per heavy atom. The molecule has 168 valence electrons. The first-order valence-electron chi connectivity index (χ1n) is 12.5. The Morgan fingerprint density at radius 3 is 0.741 bits per heavy atom. The van der Waals surface area contributed by atoms with Crippen molar-refractivity contribution in [3.63, 3.8) is 0 Å². The molecule has 0 radical (unpaired) electrons. The lowest BCUT2D eigenvalue weighted by atomic mass is 10.0. The molecule has 0 saturated heterocycles. The molecule has 0 aliphatic rings. The Morgan fingerprint density at radius 1 is 0.370 bits per heavy atom. The first-order valence-corrected chi connectivity index (χ1v) is 12.5. The van der Waals surface area contributed by atoms with Gasteiger partial charge in [-0.15, -0.1) is 0 Å². The minimum absolute atomic E-state index is 0. The molecule has 0 amide bonds. The third kappa shape index (κ3) is 37.4. The van der Waals surface area contributed by atoms with E-state index in [0.29, 0.717) is 0 Å². The van der Waals surface area contributed by atoms with Crippen LogP contribution in [-0.2, 0) is 0 Å². The average Bonchev–Trinajstić information content (AvgIpc) is 2.64. The first-order chi connectivity index (χ1) is 12.8. The van der Waals surface area contributed by atoms with Crippen LogP contribution in [0.5, 0.6) is 0 Å². The van der Waals surface area contributed by atoms with Gasteiger partial charge in [0.15, 0.2) is 0 Å². The summed E-state index contributed by atoms with van der Waals surface area (Å²) >= 11 is 0. The molecule has 0 saturated carbocycles. The second-order valence-corrected chi connectivity index (χ2v) is 8.21. The molecule has 0 heterocycles. The Labute approximate surface area is 174 Å². The van der Waals surface area contributed by atoms with Gasteiger partial charge in [0, 0.05) is 0 Å². The maximum Gasteiger partial charge on any atom is -0.00773 e. The molecule has 0 fully saturated rings. The van der Waals surface area contributed by atoms with Crippen molar-refractivity contribution in [3.8, 4) is 0 Å². The van der Waals surface area contributed by atoms with Gasteiger partial charge in [-0.2, -0.15) is 0 Å². The van der Waals surface area contributed by atoms with Gasteiger partial charge in [0.1, 0.15) is 0 Å². The molecule has 27 heavy (non-hydrogen) atoms. The first kappa shape index (κ1) is 31.6. The molecule has 2 heteroatoms. The van der Waals surface area contributed by atoms with Crippen molar-refractivity contribution in [1.29, 1.82) is 0 Å². The summed E-state index contributed by atoms with van der Waals surface area (Å²) in [6.45, 7) is 7.42. The highest BCUT2D eigenvalue weighted by Crippen LogP contribution is 2.14. The Balaban J connectivity index is -0.00000134. The molecule has 0 rings (SSSR count). The molecule has 0 aromatic carbocycles. The summed E-state index contributed by atoms with van der Waals surface area (Å²) in [7, 11) is 0. The minimum Gasteiger partial charge on any atom is -0.344 e. The van der Waals surface area contributed by atoms with Crippen LogP contribution in [0.3, 0.4) is 0 Å². The molecule has 0 aliphatic carbocycles. The van der Waals surface area contributed by atoms with Crippen molar-refractivity contribution in [2.24, 2.45) is 5.73 Å². The Kier molecular flexibility index (Phi) is 39.2. The van der Waals surface area contributed by atoms with E-state index in [0.717, 1.165) is 6.54 Å². The van der Waals surface area contributed by atoms with Crippen LogP contribution in [0.1, 0.15) is 156 Å². The molecule has 0 unspecified atom stereocenters. The lowest BCUT2D eigenvalue weighted by Crippen LogP contribution is -1.97. The van der Waals surface area contributed by atoms with Gasteiger partial charge in [-0.25, -0.2) is 0 Å². The lowest BCUT2D eigenvalue weighted by Gasteiger charge is -2.04. The fourth-order valence-corrected chi connectivity index (χ4v) is 3.40. The summed E-state index contributed by atoms with van der Waals surface area (Å²) in [4.78, 5) is 0. The largest absolute Gasteiger partial charge is 0.344 e. The molecular weight excluding hydrogens is 328 g/mol. The van der Waals surface area contributed by atoms with Crippen LogP contribution < -0.4 is 11.9 Å². The van der Waals surface area contributed by atoms with Crippen molar-refractivity contribution in [3.05, 3.63) is 0 Å². The van der Waals surface area contributed by atoms with E-state index in [1.54, 1.807) is 0 Å². The van der Waals surface area contributed by atoms with Crippen LogP contribution in [0.4, 0.5) is 0 Å². The number of hydrogen-bond acceptors (Lipinski definition) is 2. The van der Waals surface area contributed by atoms with Gasteiger partial charge >= 0.3 is 0 Å². The summed E-state index contributed by atoms with van der Waals surface area (Å²) in [5.41, 5.74) is 5.51. The highest BCUT2D eigenvalue weighted by atomic mass is 14.5. The summed E-state index contributed by atoms with van der Waals surface area (Å²) < 4.78 is 0. The van der Waals surface area contributed by atoms with Crippen LogP contribution in [-0.4, -0.2) is 6.54 Å². The van der Waals surface area contributed by atoms with E-state index < -0.39 is 0 Å². The molecule has 0 aliphatic heterocycles. The van der Waals surface area contributed by atoms with Crippen LogP contribution >= 0.6 is 0 Å². The van der Waals surface area contributed by atoms with Crippen LogP contribution in [0.25, 0.3) is 0 Å². The van der Waals surface area contributed by atoms with Gasteiger partial charge < -0.3 is 11.9 Å². The highest BCUT2D eigenvalue weighted by Gasteiger charge is 1.95. The summed E-state index contributed by atoms with van der Waals surface area (Å²) in [5, 5.41) is 0. The summed E-state index contributed by atoms with van der Waals surface area (Å²) in [6, 6.07) is 0. The van der Waals surface area contributed by atoms with E-state index in [1.165, 1.54) is 135 Å². The SMILES string of the molecule is CCC.CCCCCCCCCCCCCCCCCCCCCCN.N. The number of nitrogens with two attached hydrogens (primary N) is 1. The predicted octanol–water partition coefficient (Wildman–Crippen LogP) is 9.35. The van der Waals surface area contributed by atoms with Crippen molar-refractivity contribution >= 4 is 0 Å². The zero-order valence-corrected chi connectivity index (χ0v) is 19.8. The molecule has 5 N–H and O–H groups in total. The third-order valence-corrected chi connectivity index (χ3v) is 5.06. The van der Waals surface area contributed by atoms with Crippen molar-refractivity contribution in [2.75, 3.05) is 6.54 Å². The zero-order valence-electron chi connectivity index (χ0n) is 19.8. The fourth-order valence-electron chi connectivity index (χ4n) is 3.40. The predicted molar refractivity (Wildman–Crippen MR) is 128 cm³/mol. The monoisotopic (exact) mass is 386 g/mol. The maximum atomic E-state index is 5.51. The van der Waals surface area contributed by atoms with E-state index in [9.17, 15) is 0 Å². The number of rotatable bonds is 20. The standard InChI is InChI=1S/C22H47N.C3H8.H3N/c1-2-3-4-5-6-7-8-9-10-11-12-13-14-15-16-17-18-19-20-21-22-23;1-3-2;/h2-23H2,1H3;3H2,1-2H3;1H3. The van der Waals surface area contributed by atoms with Gasteiger partial charge in [0.2, 0.25) is 0 Å². The second-order valence-electron chi connectivity index (χ2n) is 8.21. The topological polar surface area (TPSA) is 61.0 Å². The van der Waals surface area contributed by atoms with Crippen molar-refractivity contribution in [2.45, 2.75) is 156 Å². The van der Waals surface area contributed by atoms with Gasteiger partial charge in [-0.05, 0) is 13.0 Å². The molecule has 0 bridgehead atoms. The Hall–Kier alpha value is -0.0800. The minimum atomic E-state index is 0. The third-order valence-electron chi connectivity index (χ3n) is 5.06. The van der Waals surface area contributed by atoms with Gasteiger partial charge in [-0.1, -0.05) is 149 Å². The van der Waals surface area contributed by atoms with Gasteiger partial charge in [-0.3, -0.25) is 0 Å². The molecule has 2 nitrogen and oxygen atoms in total. The van der Waals surface area contributed by atoms with Gasteiger partial charge in [0.05, 0.1) is 0 Å². The summed E-state index contributed by atoms with van der Waals surface area (Å²) in [5.74, 6) is 0. The number of hydrogen-bond donors (Lipinski definition) is 2.